The summed E-state index contributed by atoms with van der Waals surface area (Å²) in [6, 6.07) is 9.54. The van der Waals surface area contributed by atoms with E-state index in [0.717, 1.165) is 31.5 Å². The first-order chi connectivity index (χ1) is 8.77. The zero-order chi connectivity index (χ0) is 12.8. The van der Waals surface area contributed by atoms with Gasteiger partial charge in [-0.25, -0.2) is 0 Å². The van der Waals surface area contributed by atoms with Crippen LogP contribution in [-0.2, 0) is 4.79 Å². The van der Waals surface area contributed by atoms with Gasteiger partial charge in [0.15, 0.2) is 0 Å². The molecule has 1 aliphatic rings. The second kappa shape index (κ2) is 6.55. The summed E-state index contributed by atoms with van der Waals surface area (Å²) in [5.74, 6) is 0.185. The molecule has 3 heteroatoms. The van der Waals surface area contributed by atoms with Gasteiger partial charge < -0.3 is 10.0 Å². The molecule has 1 aromatic carbocycles. The monoisotopic (exact) mass is 247 g/mol. The first kappa shape index (κ1) is 13.1. The number of amides is 1. The Morgan fingerprint density at radius 2 is 1.83 bits per heavy atom. The van der Waals surface area contributed by atoms with E-state index >= 15 is 0 Å². The minimum absolute atomic E-state index is 0.185. The Hall–Kier alpha value is -1.35. The first-order valence-electron chi connectivity index (χ1n) is 6.78. The molecule has 1 aliphatic heterocycles. The smallest absolute Gasteiger partial charge is 0.222 e. The largest absolute Gasteiger partial charge is 0.388 e. The molecule has 1 fully saturated rings. The van der Waals surface area contributed by atoms with Gasteiger partial charge in [0.25, 0.3) is 0 Å². The molecule has 1 aromatic rings. The Morgan fingerprint density at radius 1 is 1.17 bits per heavy atom. The lowest BCUT2D eigenvalue weighted by Crippen LogP contribution is -2.35. The van der Waals surface area contributed by atoms with Crippen LogP contribution in [0.3, 0.4) is 0 Å². The Labute approximate surface area is 108 Å². The summed E-state index contributed by atoms with van der Waals surface area (Å²) >= 11 is 0. The van der Waals surface area contributed by atoms with E-state index in [2.05, 4.69) is 0 Å². The van der Waals surface area contributed by atoms with Crippen molar-refractivity contribution in [1.82, 2.24) is 4.90 Å². The van der Waals surface area contributed by atoms with Crippen LogP contribution < -0.4 is 0 Å². The van der Waals surface area contributed by atoms with Gasteiger partial charge in [0.1, 0.15) is 0 Å². The van der Waals surface area contributed by atoms with Crippen LogP contribution in [0.2, 0.25) is 0 Å². The number of carbonyl (C=O) groups excluding carboxylic acids is 1. The molecular formula is C15H21NO2. The highest BCUT2D eigenvalue weighted by atomic mass is 16.3. The van der Waals surface area contributed by atoms with Gasteiger partial charge in [-0.15, -0.1) is 0 Å². The third-order valence-corrected chi connectivity index (χ3v) is 3.52. The number of likely N-dealkylation sites (tertiary alicyclic amines) is 1. The maximum atomic E-state index is 11.9. The molecule has 1 unspecified atom stereocenters. The molecule has 18 heavy (non-hydrogen) atoms. The summed E-state index contributed by atoms with van der Waals surface area (Å²) in [6.45, 7) is 1.78. The predicted octanol–water partition coefficient (Wildman–Crippen LogP) is 2.51. The van der Waals surface area contributed by atoms with Gasteiger partial charge in [-0.1, -0.05) is 30.3 Å². The third kappa shape index (κ3) is 3.57. The summed E-state index contributed by atoms with van der Waals surface area (Å²) in [5.41, 5.74) is 0.893. The Balaban J connectivity index is 1.78. The molecule has 1 amide bonds. The summed E-state index contributed by atoms with van der Waals surface area (Å²) in [6.07, 6.45) is 3.89. The van der Waals surface area contributed by atoms with E-state index in [9.17, 15) is 9.90 Å². The fraction of sp³-hybridized carbons (Fsp3) is 0.533. The second-order valence-electron chi connectivity index (χ2n) is 4.91. The van der Waals surface area contributed by atoms with E-state index in [1.807, 2.05) is 35.2 Å². The van der Waals surface area contributed by atoms with Gasteiger partial charge in [-0.3, -0.25) is 4.79 Å². The molecule has 0 aromatic heterocycles. The topological polar surface area (TPSA) is 40.5 Å². The van der Waals surface area contributed by atoms with Crippen LogP contribution in [0.5, 0.6) is 0 Å². The third-order valence-electron chi connectivity index (χ3n) is 3.52. The molecule has 1 heterocycles. The van der Waals surface area contributed by atoms with Crippen LogP contribution in [0.4, 0.5) is 0 Å². The van der Waals surface area contributed by atoms with Gasteiger partial charge in [-0.05, 0) is 31.2 Å². The highest BCUT2D eigenvalue weighted by Gasteiger charge is 2.17. The van der Waals surface area contributed by atoms with Gasteiger partial charge in [-0.2, -0.15) is 0 Å². The molecule has 0 radical (unpaired) electrons. The van der Waals surface area contributed by atoms with Crippen molar-refractivity contribution in [2.24, 2.45) is 0 Å². The van der Waals surface area contributed by atoms with Crippen molar-refractivity contribution in [3.05, 3.63) is 35.9 Å². The van der Waals surface area contributed by atoms with Crippen molar-refractivity contribution >= 4 is 5.91 Å². The maximum Gasteiger partial charge on any atom is 0.222 e. The van der Waals surface area contributed by atoms with Crippen molar-refractivity contribution in [3.8, 4) is 0 Å². The summed E-state index contributed by atoms with van der Waals surface area (Å²) in [5, 5.41) is 10.00. The number of aliphatic hydroxyl groups is 1. The number of piperidine rings is 1. The fourth-order valence-electron chi connectivity index (χ4n) is 2.40. The van der Waals surface area contributed by atoms with Crippen molar-refractivity contribution in [2.45, 2.75) is 38.2 Å². The number of rotatable bonds is 4. The van der Waals surface area contributed by atoms with E-state index in [1.165, 1.54) is 6.42 Å². The zero-order valence-electron chi connectivity index (χ0n) is 10.7. The average Bonchev–Trinajstić information content (AvgIpc) is 2.46. The van der Waals surface area contributed by atoms with Crippen LogP contribution in [0.25, 0.3) is 0 Å². The van der Waals surface area contributed by atoms with Crippen LogP contribution in [0.1, 0.15) is 43.8 Å². The summed E-state index contributed by atoms with van der Waals surface area (Å²) in [7, 11) is 0. The van der Waals surface area contributed by atoms with E-state index in [4.69, 9.17) is 0 Å². The van der Waals surface area contributed by atoms with Gasteiger partial charge in [0.2, 0.25) is 5.91 Å². The Kier molecular flexibility index (Phi) is 4.76. The van der Waals surface area contributed by atoms with Crippen molar-refractivity contribution in [3.63, 3.8) is 0 Å². The molecule has 0 spiro atoms. The summed E-state index contributed by atoms with van der Waals surface area (Å²) < 4.78 is 0. The number of nitrogens with zero attached hydrogens (tertiary/aromatic N) is 1. The summed E-state index contributed by atoms with van der Waals surface area (Å²) in [4.78, 5) is 13.9. The SMILES string of the molecule is O=C(CCC(O)c1ccccc1)N1CCCCC1. The van der Waals surface area contributed by atoms with E-state index < -0.39 is 6.10 Å². The van der Waals surface area contributed by atoms with Gasteiger partial charge in [0.05, 0.1) is 6.10 Å². The first-order valence-corrected chi connectivity index (χ1v) is 6.78. The van der Waals surface area contributed by atoms with Crippen molar-refractivity contribution < 1.29 is 9.90 Å². The second-order valence-corrected chi connectivity index (χ2v) is 4.91. The molecule has 3 nitrogen and oxygen atoms in total. The predicted molar refractivity (Wildman–Crippen MR) is 71.1 cm³/mol. The molecule has 98 valence electrons. The molecule has 1 N–H and O–H groups in total. The average molecular weight is 247 g/mol. The molecule has 0 saturated carbocycles. The van der Waals surface area contributed by atoms with Gasteiger partial charge >= 0.3 is 0 Å². The molecule has 1 atom stereocenters. The number of hydrogen-bond donors (Lipinski definition) is 1. The van der Waals surface area contributed by atoms with Crippen LogP contribution in [-0.4, -0.2) is 29.0 Å². The lowest BCUT2D eigenvalue weighted by Gasteiger charge is -2.27. The number of benzene rings is 1. The maximum absolute atomic E-state index is 11.9. The Morgan fingerprint density at radius 3 is 2.50 bits per heavy atom. The fourth-order valence-corrected chi connectivity index (χ4v) is 2.40. The van der Waals surface area contributed by atoms with Gasteiger partial charge in [0, 0.05) is 19.5 Å². The lowest BCUT2D eigenvalue weighted by atomic mass is 10.0. The van der Waals surface area contributed by atoms with E-state index in [1.54, 1.807) is 0 Å². The van der Waals surface area contributed by atoms with Crippen LogP contribution in [0.15, 0.2) is 30.3 Å². The molecule has 1 saturated heterocycles. The number of carbonyl (C=O) groups is 1. The molecular weight excluding hydrogens is 226 g/mol. The molecule has 0 bridgehead atoms. The standard InChI is InChI=1S/C15H21NO2/c17-14(13-7-3-1-4-8-13)9-10-15(18)16-11-5-2-6-12-16/h1,3-4,7-8,14,17H,2,5-6,9-12H2. The normalized spacial score (nSPS) is 17.5. The highest BCUT2D eigenvalue weighted by molar-refractivity contribution is 5.76. The Bertz CT molecular complexity index is 371. The minimum atomic E-state index is -0.528. The lowest BCUT2D eigenvalue weighted by molar-refractivity contribution is -0.132. The highest BCUT2D eigenvalue weighted by Crippen LogP contribution is 2.19. The number of aliphatic hydroxyl groups excluding tert-OH is 1. The van der Waals surface area contributed by atoms with Crippen molar-refractivity contribution in [2.75, 3.05) is 13.1 Å². The quantitative estimate of drug-likeness (QED) is 0.888. The zero-order valence-corrected chi connectivity index (χ0v) is 10.7. The molecule has 0 aliphatic carbocycles. The minimum Gasteiger partial charge on any atom is -0.388 e. The van der Waals surface area contributed by atoms with E-state index in [-0.39, 0.29) is 5.91 Å². The van der Waals surface area contributed by atoms with E-state index in [0.29, 0.717) is 12.8 Å². The van der Waals surface area contributed by atoms with Crippen LogP contribution in [0, 0.1) is 0 Å². The van der Waals surface area contributed by atoms with Crippen molar-refractivity contribution in [1.29, 1.82) is 0 Å². The molecule has 2 rings (SSSR count). The number of hydrogen-bond acceptors (Lipinski definition) is 2. The van der Waals surface area contributed by atoms with Crippen LogP contribution >= 0.6 is 0 Å².